The lowest BCUT2D eigenvalue weighted by Gasteiger charge is -2.37. The van der Waals surface area contributed by atoms with Gasteiger partial charge in [0, 0.05) is 17.6 Å². The van der Waals surface area contributed by atoms with Crippen LogP contribution in [0.25, 0.3) is 0 Å². The van der Waals surface area contributed by atoms with E-state index in [1.54, 1.807) is 0 Å². The molecule has 2 aliphatic rings. The van der Waals surface area contributed by atoms with Crippen molar-refractivity contribution < 1.29 is 23.5 Å². The topological polar surface area (TPSA) is 78.4 Å². The van der Waals surface area contributed by atoms with Gasteiger partial charge in [0.1, 0.15) is 23.1 Å². The van der Waals surface area contributed by atoms with E-state index in [0.717, 1.165) is 6.07 Å². The maximum atomic E-state index is 15.3. The summed E-state index contributed by atoms with van der Waals surface area (Å²) in [5, 5.41) is 15.5. The molecule has 9 heteroatoms. The summed E-state index contributed by atoms with van der Waals surface area (Å²) in [7, 11) is 0. The van der Waals surface area contributed by atoms with E-state index in [1.165, 1.54) is 24.3 Å². The highest BCUT2D eigenvalue weighted by Gasteiger charge is 2.66. The smallest absolute Gasteiger partial charge is 0.321 e. The van der Waals surface area contributed by atoms with E-state index in [4.69, 9.17) is 23.2 Å². The molecule has 0 aromatic heterocycles. The number of nitrogens with one attached hydrogen (secondary N) is 2. The standard InChI is InChI=1S/C23H22Cl2F2N2O3/c1-22(2,3)9-16-23(11-7-14(26)13(25)8-15(11)28-21(23)32)17(19(29-16)20(30)31)10-5-4-6-12(24)18(10)27/h4-8,16-17,19,29H,9H2,1-3H3,(H,28,32)(H,30,31)/t16-,17-,19-,23+/m1/s1. The van der Waals surface area contributed by atoms with Gasteiger partial charge in [0.2, 0.25) is 5.91 Å². The zero-order valence-electron chi connectivity index (χ0n) is 17.6. The second kappa shape index (κ2) is 7.68. The highest BCUT2D eigenvalue weighted by molar-refractivity contribution is 6.31. The average Bonchev–Trinajstić information content (AvgIpc) is 3.14. The number of aliphatic carboxylic acids is 1. The molecule has 5 nitrogen and oxygen atoms in total. The van der Waals surface area contributed by atoms with E-state index in [-0.39, 0.29) is 32.3 Å². The van der Waals surface area contributed by atoms with Crippen LogP contribution in [0.15, 0.2) is 30.3 Å². The summed E-state index contributed by atoms with van der Waals surface area (Å²) in [6, 6.07) is 4.67. The third-order valence-corrected chi connectivity index (χ3v) is 6.86. The highest BCUT2D eigenvalue weighted by atomic mass is 35.5. The molecule has 1 saturated heterocycles. The Hall–Kier alpha value is -2.22. The van der Waals surface area contributed by atoms with Gasteiger partial charge in [0.15, 0.2) is 0 Å². The fourth-order valence-corrected chi connectivity index (χ4v) is 5.50. The number of carboxylic acid groups (broad SMARTS) is 1. The van der Waals surface area contributed by atoms with Crippen LogP contribution in [0.5, 0.6) is 0 Å². The predicted octanol–water partition coefficient (Wildman–Crippen LogP) is 5.11. The Morgan fingerprint density at radius 2 is 1.88 bits per heavy atom. The van der Waals surface area contributed by atoms with E-state index in [9.17, 15) is 19.1 Å². The summed E-state index contributed by atoms with van der Waals surface area (Å²) in [6.45, 7) is 5.84. The lowest BCUT2D eigenvalue weighted by atomic mass is 9.62. The van der Waals surface area contributed by atoms with Crippen LogP contribution in [-0.2, 0) is 15.0 Å². The number of benzene rings is 2. The molecule has 32 heavy (non-hydrogen) atoms. The first-order valence-electron chi connectivity index (χ1n) is 10.1. The van der Waals surface area contributed by atoms with E-state index in [1.807, 2.05) is 20.8 Å². The molecular weight excluding hydrogens is 461 g/mol. The van der Waals surface area contributed by atoms with E-state index in [2.05, 4.69) is 10.6 Å². The Morgan fingerprint density at radius 3 is 2.50 bits per heavy atom. The van der Waals surface area contributed by atoms with Crippen LogP contribution >= 0.6 is 23.2 Å². The molecule has 4 rings (SSSR count). The molecule has 170 valence electrons. The molecule has 0 unspecified atom stereocenters. The molecule has 0 aliphatic carbocycles. The Morgan fingerprint density at radius 1 is 1.19 bits per heavy atom. The lowest BCUT2D eigenvalue weighted by Crippen LogP contribution is -2.49. The number of carboxylic acids is 1. The molecule has 0 radical (unpaired) electrons. The molecule has 4 atom stereocenters. The fraction of sp³-hybridized carbons (Fsp3) is 0.391. The Kier molecular flexibility index (Phi) is 5.51. The number of halogens is 4. The van der Waals surface area contributed by atoms with Crippen LogP contribution in [0.4, 0.5) is 14.5 Å². The highest BCUT2D eigenvalue weighted by Crippen LogP contribution is 2.57. The van der Waals surface area contributed by atoms with Crippen molar-refractivity contribution in [2.45, 2.75) is 50.6 Å². The SMILES string of the molecule is CC(C)(C)C[C@H]1N[C@@H](C(=O)O)[C@@H](c2cccc(Cl)c2F)[C@@]12C(=O)Nc1cc(Cl)c(F)cc12. The first kappa shape index (κ1) is 23.0. The van der Waals surface area contributed by atoms with Gasteiger partial charge in [-0.05, 0) is 41.2 Å². The third-order valence-electron chi connectivity index (χ3n) is 6.28. The van der Waals surface area contributed by atoms with Crippen molar-refractivity contribution in [1.29, 1.82) is 0 Å². The van der Waals surface area contributed by atoms with Gasteiger partial charge in [-0.1, -0.05) is 56.1 Å². The van der Waals surface area contributed by atoms with Gasteiger partial charge >= 0.3 is 5.97 Å². The van der Waals surface area contributed by atoms with Crippen LogP contribution < -0.4 is 10.6 Å². The van der Waals surface area contributed by atoms with E-state index < -0.39 is 46.9 Å². The molecule has 2 aromatic rings. The van der Waals surface area contributed by atoms with Crippen molar-refractivity contribution in [3.8, 4) is 0 Å². The van der Waals surface area contributed by atoms with Gasteiger partial charge in [0.25, 0.3) is 0 Å². The van der Waals surface area contributed by atoms with Gasteiger partial charge < -0.3 is 10.4 Å². The normalized spacial score (nSPS) is 27.0. The maximum Gasteiger partial charge on any atom is 0.321 e. The second-order valence-corrected chi connectivity index (χ2v) is 10.4. The first-order valence-corrected chi connectivity index (χ1v) is 10.9. The summed E-state index contributed by atoms with van der Waals surface area (Å²) in [4.78, 5) is 26.0. The number of amides is 1. The molecule has 0 bridgehead atoms. The van der Waals surface area contributed by atoms with Crippen molar-refractivity contribution in [3.63, 3.8) is 0 Å². The van der Waals surface area contributed by atoms with Crippen LogP contribution in [0.1, 0.15) is 44.2 Å². The van der Waals surface area contributed by atoms with Crippen molar-refractivity contribution >= 4 is 40.8 Å². The zero-order chi connectivity index (χ0) is 23.6. The Labute approximate surface area is 194 Å². The molecule has 1 fully saturated rings. The quantitative estimate of drug-likeness (QED) is 0.568. The van der Waals surface area contributed by atoms with Gasteiger partial charge in [-0.25, -0.2) is 8.78 Å². The van der Waals surface area contributed by atoms with Crippen molar-refractivity contribution in [2.75, 3.05) is 5.32 Å². The van der Waals surface area contributed by atoms with E-state index >= 15 is 4.39 Å². The van der Waals surface area contributed by atoms with Crippen LogP contribution in [-0.4, -0.2) is 29.1 Å². The minimum atomic E-state index is -1.59. The molecule has 1 spiro atoms. The summed E-state index contributed by atoms with van der Waals surface area (Å²) in [6.07, 6.45) is 0.368. The van der Waals surface area contributed by atoms with Crippen LogP contribution in [0.3, 0.4) is 0 Å². The van der Waals surface area contributed by atoms with Crippen molar-refractivity contribution in [3.05, 3.63) is 63.1 Å². The zero-order valence-corrected chi connectivity index (χ0v) is 19.1. The van der Waals surface area contributed by atoms with Crippen molar-refractivity contribution in [1.82, 2.24) is 5.32 Å². The van der Waals surface area contributed by atoms with Crippen molar-refractivity contribution in [2.24, 2.45) is 5.41 Å². The summed E-state index contributed by atoms with van der Waals surface area (Å²) in [5.41, 5.74) is -1.42. The summed E-state index contributed by atoms with van der Waals surface area (Å²) in [5.74, 6) is -4.53. The largest absolute Gasteiger partial charge is 0.480 e. The minimum Gasteiger partial charge on any atom is -0.480 e. The molecule has 2 aromatic carbocycles. The van der Waals surface area contributed by atoms with Gasteiger partial charge in [-0.15, -0.1) is 0 Å². The number of carbonyl (C=O) groups excluding carboxylic acids is 1. The van der Waals surface area contributed by atoms with Crippen LogP contribution in [0, 0.1) is 17.0 Å². The average molecular weight is 483 g/mol. The Balaban J connectivity index is 2.06. The number of anilines is 1. The first-order chi connectivity index (χ1) is 14.9. The molecule has 1 amide bonds. The Bertz CT molecular complexity index is 1130. The minimum absolute atomic E-state index is 0.0211. The predicted molar refractivity (Wildman–Crippen MR) is 118 cm³/mol. The number of carbonyl (C=O) groups is 2. The summed E-state index contributed by atoms with van der Waals surface area (Å²) < 4.78 is 29.9. The van der Waals surface area contributed by atoms with Gasteiger partial charge in [0.05, 0.1) is 10.0 Å². The summed E-state index contributed by atoms with van der Waals surface area (Å²) >= 11 is 12.0. The number of rotatable bonds is 3. The molecule has 3 N–H and O–H groups in total. The van der Waals surface area contributed by atoms with Gasteiger partial charge in [-0.3, -0.25) is 14.9 Å². The number of hydrogen-bond donors (Lipinski definition) is 3. The second-order valence-electron chi connectivity index (χ2n) is 9.56. The van der Waals surface area contributed by atoms with Crippen LogP contribution in [0.2, 0.25) is 10.0 Å². The maximum absolute atomic E-state index is 15.3. The molecular formula is C23H22Cl2F2N2O3. The molecule has 0 saturated carbocycles. The molecule has 2 heterocycles. The number of fused-ring (bicyclic) bond motifs is 2. The molecule has 2 aliphatic heterocycles. The van der Waals surface area contributed by atoms with E-state index in [0.29, 0.717) is 6.42 Å². The lowest BCUT2D eigenvalue weighted by molar-refractivity contribution is -0.139. The number of hydrogen-bond acceptors (Lipinski definition) is 3. The van der Waals surface area contributed by atoms with Gasteiger partial charge in [-0.2, -0.15) is 0 Å². The monoisotopic (exact) mass is 482 g/mol. The third kappa shape index (κ3) is 3.38. The fourth-order valence-electron chi connectivity index (χ4n) is 5.15.